The lowest BCUT2D eigenvalue weighted by Crippen LogP contribution is -2.54. The van der Waals surface area contributed by atoms with Crippen molar-refractivity contribution < 1.29 is 17.9 Å². The summed E-state index contributed by atoms with van der Waals surface area (Å²) in [6, 6.07) is 14.7. The highest BCUT2D eigenvalue weighted by molar-refractivity contribution is 7.89. The van der Waals surface area contributed by atoms with E-state index in [9.17, 15) is 13.2 Å². The van der Waals surface area contributed by atoms with E-state index in [2.05, 4.69) is 17.4 Å². The lowest BCUT2D eigenvalue weighted by molar-refractivity contribution is -0.130. The Bertz CT molecular complexity index is 1040. The number of hydrogen-bond acceptors (Lipinski definition) is 4. The van der Waals surface area contributed by atoms with Crippen molar-refractivity contribution in [3.8, 4) is 5.75 Å². The van der Waals surface area contributed by atoms with E-state index < -0.39 is 15.4 Å². The van der Waals surface area contributed by atoms with Crippen LogP contribution in [0.5, 0.6) is 5.75 Å². The fraction of sp³-hybridized carbons (Fsp3) is 0.458. The minimum atomic E-state index is -3.54. The minimum absolute atomic E-state index is 0.00268. The monoisotopic (exact) mass is 442 g/mol. The molecule has 166 valence electrons. The number of ether oxygens (including phenoxy) is 1. The van der Waals surface area contributed by atoms with E-state index in [0.29, 0.717) is 31.7 Å². The van der Waals surface area contributed by atoms with Gasteiger partial charge in [-0.15, -0.1) is 0 Å². The predicted octanol–water partition coefficient (Wildman–Crippen LogP) is 3.39. The average Bonchev–Trinajstić information content (AvgIpc) is 2.73. The number of rotatable bonds is 6. The molecule has 0 bridgehead atoms. The van der Waals surface area contributed by atoms with Crippen LogP contribution in [0, 0.1) is 6.92 Å². The maximum absolute atomic E-state index is 13.2. The first-order chi connectivity index (χ1) is 14.8. The zero-order chi connectivity index (χ0) is 22.1. The van der Waals surface area contributed by atoms with Gasteiger partial charge in [-0.1, -0.05) is 36.2 Å². The molecular formula is C24H30N2O4S. The quantitative estimate of drug-likeness (QED) is 0.744. The van der Waals surface area contributed by atoms with E-state index in [0.717, 1.165) is 30.4 Å². The van der Waals surface area contributed by atoms with Gasteiger partial charge in [0.05, 0.1) is 17.4 Å². The molecule has 1 aliphatic heterocycles. The first-order valence-electron chi connectivity index (χ1n) is 10.9. The first-order valence-corrected chi connectivity index (χ1v) is 12.3. The molecule has 0 atom stereocenters. The molecule has 0 aromatic heterocycles. The van der Waals surface area contributed by atoms with Crippen LogP contribution in [-0.4, -0.2) is 44.9 Å². The second-order valence-electron chi connectivity index (χ2n) is 8.63. The zero-order valence-electron chi connectivity index (χ0n) is 18.1. The molecule has 2 fully saturated rings. The van der Waals surface area contributed by atoms with Crippen molar-refractivity contribution >= 4 is 15.9 Å². The van der Waals surface area contributed by atoms with E-state index in [1.807, 2.05) is 19.1 Å². The van der Waals surface area contributed by atoms with Crippen LogP contribution in [0.1, 0.15) is 43.2 Å². The summed E-state index contributed by atoms with van der Waals surface area (Å²) in [6.45, 7) is 2.85. The summed E-state index contributed by atoms with van der Waals surface area (Å²) in [7, 11) is -1.99. The van der Waals surface area contributed by atoms with Crippen molar-refractivity contribution in [3.05, 3.63) is 59.7 Å². The Labute approximate surface area is 184 Å². The molecule has 2 aliphatic rings. The van der Waals surface area contributed by atoms with Gasteiger partial charge in [-0.05, 0) is 62.4 Å². The van der Waals surface area contributed by atoms with Crippen LogP contribution in [0.15, 0.2) is 53.4 Å². The molecule has 1 N–H and O–H groups in total. The summed E-state index contributed by atoms with van der Waals surface area (Å²) >= 11 is 0. The predicted molar refractivity (Wildman–Crippen MR) is 120 cm³/mol. The van der Waals surface area contributed by atoms with Crippen molar-refractivity contribution in [2.45, 2.75) is 55.4 Å². The maximum Gasteiger partial charge on any atom is 0.243 e. The molecule has 7 heteroatoms. The summed E-state index contributed by atoms with van der Waals surface area (Å²) in [5, 5.41) is 3.23. The average molecular weight is 443 g/mol. The number of hydrogen-bond donors (Lipinski definition) is 1. The van der Waals surface area contributed by atoms with Crippen molar-refractivity contribution in [2.24, 2.45) is 0 Å². The van der Waals surface area contributed by atoms with Gasteiger partial charge in [0.2, 0.25) is 15.9 Å². The zero-order valence-corrected chi connectivity index (χ0v) is 19.0. The van der Waals surface area contributed by atoms with E-state index in [4.69, 9.17) is 4.74 Å². The third kappa shape index (κ3) is 4.21. The SMILES string of the molecule is COc1ccc(S(=O)(=O)N2CCC(NC(=O)C3(c4cccc(C)c4)CCC3)CC2)cc1. The number of amides is 1. The van der Waals surface area contributed by atoms with Crippen LogP contribution in [-0.2, 0) is 20.2 Å². The van der Waals surface area contributed by atoms with Gasteiger partial charge in [0.15, 0.2) is 0 Å². The number of benzene rings is 2. The van der Waals surface area contributed by atoms with Crippen LogP contribution in [0.25, 0.3) is 0 Å². The molecule has 2 aromatic rings. The molecule has 0 unspecified atom stereocenters. The minimum Gasteiger partial charge on any atom is -0.497 e. The van der Waals surface area contributed by atoms with Gasteiger partial charge in [0, 0.05) is 19.1 Å². The lowest BCUT2D eigenvalue weighted by Gasteiger charge is -2.42. The molecule has 2 aromatic carbocycles. The molecule has 1 saturated heterocycles. The van der Waals surface area contributed by atoms with Gasteiger partial charge < -0.3 is 10.1 Å². The summed E-state index contributed by atoms with van der Waals surface area (Å²) in [6.07, 6.45) is 4.02. The second-order valence-corrected chi connectivity index (χ2v) is 10.6. The fourth-order valence-electron chi connectivity index (χ4n) is 4.58. The van der Waals surface area contributed by atoms with Crippen molar-refractivity contribution in [1.82, 2.24) is 9.62 Å². The van der Waals surface area contributed by atoms with Gasteiger partial charge in [-0.25, -0.2) is 8.42 Å². The van der Waals surface area contributed by atoms with Crippen LogP contribution in [0.2, 0.25) is 0 Å². The van der Waals surface area contributed by atoms with Crippen molar-refractivity contribution in [1.29, 1.82) is 0 Å². The number of aryl methyl sites for hydroxylation is 1. The molecule has 0 spiro atoms. The number of methoxy groups -OCH3 is 1. The molecule has 0 radical (unpaired) electrons. The fourth-order valence-corrected chi connectivity index (χ4v) is 6.05. The smallest absolute Gasteiger partial charge is 0.243 e. The Morgan fingerprint density at radius 1 is 1.10 bits per heavy atom. The molecule has 1 saturated carbocycles. The van der Waals surface area contributed by atoms with E-state index in [-0.39, 0.29) is 16.8 Å². The first kappa shape index (κ1) is 21.8. The van der Waals surface area contributed by atoms with E-state index in [1.54, 1.807) is 31.4 Å². The number of nitrogens with one attached hydrogen (secondary N) is 1. The van der Waals surface area contributed by atoms with E-state index in [1.165, 1.54) is 4.31 Å². The van der Waals surface area contributed by atoms with Crippen LogP contribution < -0.4 is 10.1 Å². The highest BCUT2D eigenvalue weighted by Crippen LogP contribution is 2.44. The van der Waals surface area contributed by atoms with Gasteiger partial charge in [-0.2, -0.15) is 4.31 Å². The van der Waals surface area contributed by atoms with Crippen LogP contribution in [0.4, 0.5) is 0 Å². The Morgan fingerprint density at radius 3 is 2.32 bits per heavy atom. The van der Waals surface area contributed by atoms with Gasteiger partial charge in [0.25, 0.3) is 0 Å². The molecular weight excluding hydrogens is 412 g/mol. The number of nitrogens with zero attached hydrogens (tertiary/aromatic N) is 1. The second kappa shape index (κ2) is 8.63. The number of piperidine rings is 1. The van der Waals surface area contributed by atoms with Gasteiger partial charge in [0.1, 0.15) is 5.75 Å². The Morgan fingerprint density at radius 2 is 1.77 bits per heavy atom. The summed E-state index contributed by atoms with van der Waals surface area (Å²) in [5.41, 5.74) is 1.82. The topological polar surface area (TPSA) is 75.7 Å². The maximum atomic E-state index is 13.2. The number of carbonyl (C=O) groups is 1. The highest BCUT2D eigenvalue weighted by Gasteiger charge is 2.46. The third-order valence-corrected chi connectivity index (χ3v) is 8.61. The van der Waals surface area contributed by atoms with Crippen LogP contribution >= 0.6 is 0 Å². The summed E-state index contributed by atoms with van der Waals surface area (Å²) in [5.74, 6) is 0.708. The normalized spacial score (nSPS) is 19.4. The molecule has 6 nitrogen and oxygen atoms in total. The Kier molecular flexibility index (Phi) is 6.08. The van der Waals surface area contributed by atoms with Crippen LogP contribution in [0.3, 0.4) is 0 Å². The highest BCUT2D eigenvalue weighted by atomic mass is 32.2. The number of sulfonamides is 1. The molecule has 31 heavy (non-hydrogen) atoms. The van der Waals surface area contributed by atoms with E-state index >= 15 is 0 Å². The van der Waals surface area contributed by atoms with Crippen molar-refractivity contribution in [2.75, 3.05) is 20.2 Å². The lowest BCUT2D eigenvalue weighted by atomic mass is 9.63. The molecule has 1 amide bonds. The van der Waals surface area contributed by atoms with Gasteiger partial charge in [-0.3, -0.25) is 4.79 Å². The molecule has 4 rings (SSSR count). The number of carbonyl (C=O) groups excluding carboxylic acids is 1. The summed E-state index contributed by atoms with van der Waals surface area (Å²) < 4.78 is 32.5. The third-order valence-electron chi connectivity index (χ3n) is 6.70. The molecule has 1 heterocycles. The van der Waals surface area contributed by atoms with Gasteiger partial charge >= 0.3 is 0 Å². The Hall–Kier alpha value is -2.38. The summed E-state index contributed by atoms with van der Waals surface area (Å²) in [4.78, 5) is 13.5. The van der Waals surface area contributed by atoms with Crippen molar-refractivity contribution in [3.63, 3.8) is 0 Å². The Balaban J connectivity index is 1.39. The largest absolute Gasteiger partial charge is 0.497 e. The standard InChI is InChI=1S/C24H30N2O4S/c1-18-5-3-6-19(17-18)24(13-4-14-24)23(27)25-20-11-15-26(16-12-20)31(28,29)22-9-7-21(30-2)8-10-22/h3,5-10,17,20H,4,11-16H2,1-2H3,(H,25,27). The molecule has 1 aliphatic carbocycles.